The molecule has 0 aromatic heterocycles. The zero-order chi connectivity index (χ0) is 13.2. The number of sulfonamides is 1. The third kappa shape index (κ3) is 3.91. The van der Waals surface area contributed by atoms with Crippen LogP contribution in [-0.4, -0.2) is 68.7 Å². The average molecular weight is 275 g/mol. The molecule has 18 heavy (non-hydrogen) atoms. The maximum atomic E-state index is 12.2. The van der Waals surface area contributed by atoms with Crippen LogP contribution in [0.3, 0.4) is 0 Å². The van der Waals surface area contributed by atoms with Crippen molar-refractivity contribution in [2.75, 3.05) is 39.0 Å². The number of likely N-dealkylation sites (N-methyl/N-ethyl adjacent to an activating group) is 1. The highest BCUT2D eigenvalue weighted by molar-refractivity contribution is 7.89. The van der Waals surface area contributed by atoms with Crippen molar-refractivity contribution in [3.05, 3.63) is 0 Å². The summed E-state index contributed by atoms with van der Waals surface area (Å²) in [6.45, 7) is 5.01. The molecule has 0 aromatic carbocycles. The standard InChI is InChI=1S/C12H25N3O2S/c1-11-10-15(8-7-14(11)2)18(16,17)9-3-6-13-12-4-5-12/h11-13H,3-10H2,1-2H3. The van der Waals surface area contributed by atoms with Gasteiger partial charge in [-0.2, -0.15) is 4.31 Å². The molecular formula is C12H25N3O2S. The summed E-state index contributed by atoms with van der Waals surface area (Å²) in [5.41, 5.74) is 0. The summed E-state index contributed by atoms with van der Waals surface area (Å²) in [6.07, 6.45) is 3.23. The first-order valence-electron chi connectivity index (χ1n) is 6.90. The van der Waals surface area contributed by atoms with Gasteiger partial charge < -0.3 is 10.2 Å². The van der Waals surface area contributed by atoms with Gasteiger partial charge in [0.2, 0.25) is 10.0 Å². The van der Waals surface area contributed by atoms with Crippen LogP contribution in [0.2, 0.25) is 0 Å². The molecule has 1 saturated heterocycles. The van der Waals surface area contributed by atoms with Crippen molar-refractivity contribution in [2.45, 2.75) is 38.3 Å². The maximum Gasteiger partial charge on any atom is 0.214 e. The molecule has 0 radical (unpaired) electrons. The Labute approximate surface area is 111 Å². The fourth-order valence-corrected chi connectivity index (χ4v) is 3.82. The van der Waals surface area contributed by atoms with Gasteiger partial charge in [-0.15, -0.1) is 0 Å². The van der Waals surface area contributed by atoms with Crippen molar-refractivity contribution in [2.24, 2.45) is 0 Å². The molecule has 1 atom stereocenters. The van der Waals surface area contributed by atoms with Crippen molar-refractivity contribution in [1.82, 2.24) is 14.5 Å². The lowest BCUT2D eigenvalue weighted by molar-refractivity contribution is 0.159. The molecule has 1 unspecified atom stereocenters. The summed E-state index contributed by atoms with van der Waals surface area (Å²) in [4.78, 5) is 2.21. The Morgan fingerprint density at radius 1 is 1.28 bits per heavy atom. The van der Waals surface area contributed by atoms with E-state index in [0.29, 0.717) is 25.2 Å². The fourth-order valence-electron chi connectivity index (χ4n) is 2.24. The summed E-state index contributed by atoms with van der Waals surface area (Å²) in [7, 11) is -1.00. The number of hydrogen-bond acceptors (Lipinski definition) is 4. The average Bonchev–Trinajstić information content (AvgIpc) is 3.12. The summed E-state index contributed by atoms with van der Waals surface area (Å²) in [5.74, 6) is 0.281. The Morgan fingerprint density at radius 2 is 2.00 bits per heavy atom. The molecule has 2 rings (SSSR count). The summed E-state index contributed by atoms with van der Waals surface area (Å²) in [6, 6.07) is 0.981. The van der Waals surface area contributed by atoms with E-state index in [4.69, 9.17) is 0 Å². The first-order valence-corrected chi connectivity index (χ1v) is 8.51. The Balaban J connectivity index is 1.74. The van der Waals surface area contributed by atoms with Crippen LogP contribution in [-0.2, 0) is 10.0 Å². The molecule has 5 nitrogen and oxygen atoms in total. The molecule has 2 fully saturated rings. The molecule has 0 spiro atoms. The Bertz CT molecular complexity index is 368. The molecule has 0 amide bonds. The van der Waals surface area contributed by atoms with Gasteiger partial charge in [0, 0.05) is 31.7 Å². The molecule has 0 bridgehead atoms. The van der Waals surface area contributed by atoms with Crippen LogP contribution >= 0.6 is 0 Å². The molecule has 2 aliphatic rings. The molecule has 1 saturated carbocycles. The van der Waals surface area contributed by atoms with E-state index in [9.17, 15) is 8.42 Å². The summed E-state index contributed by atoms with van der Waals surface area (Å²) in [5, 5.41) is 3.36. The number of hydrogen-bond donors (Lipinski definition) is 1. The second-order valence-electron chi connectivity index (χ2n) is 5.59. The molecule has 1 aliphatic carbocycles. The maximum absolute atomic E-state index is 12.2. The lowest BCUT2D eigenvalue weighted by Gasteiger charge is -2.36. The van der Waals surface area contributed by atoms with Gasteiger partial charge in [0.1, 0.15) is 0 Å². The van der Waals surface area contributed by atoms with E-state index in [2.05, 4.69) is 17.1 Å². The molecule has 6 heteroatoms. The number of nitrogens with zero attached hydrogens (tertiary/aromatic N) is 2. The van der Waals surface area contributed by atoms with Gasteiger partial charge >= 0.3 is 0 Å². The minimum atomic E-state index is -3.05. The first kappa shape index (κ1) is 14.2. The van der Waals surface area contributed by atoms with E-state index in [1.807, 2.05) is 7.05 Å². The van der Waals surface area contributed by atoms with Crippen LogP contribution in [0.1, 0.15) is 26.2 Å². The zero-order valence-corrected chi connectivity index (χ0v) is 12.2. The Kier molecular flexibility index (Phi) is 4.64. The van der Waals surface area contributed by atoms with Crippen molar-refractivity contribution in [1.29, 1.82) is 0 Å². The summed E-state index contributed by atoms with van der Waals surface area (Å²) >= 11 is 0. The highest BCUT2D eigenvalue weighted by atomic mass is 32.2. The van der Waals surface area contributed by atoms with Crippen molar-refractivity contribution < 1.29 is 8.42 Å². The van der Waals surface area contributed by atoms with E-state index in [-0.39, 0.29) is 5.75 Å². The molecule has 1 aliphatic heterocycles. The third-order valence-electron chi connectivity index (χ3n) is 3.91. The van der Waals surface area contributed by atoms with Gasteiger partial charge in [0.05, 0.1) is 5.75 Å². The van der Waals surface area contributed by atoms with Crippen molar-refractivity contribution in [3.63, 3.8) is 0 Å². The van der Waals surface area contributed by atoms with Crippen LogP contribution in [0.15, 0.2) is 0 Å². The highest BCUT2D eigenvalue weighted by Crippen LogP contribution is 2.18. The number of piperazine rings is 1. The second-order valence-corrected chi connectivity index (χ2v) is 7.67. The number of nitrogens with one attached hydrogen (secondary N) is 1. The van der Waals surface area contributed by atoms with E-state index >= 15 is 0 Å². The fraction of sp³-hybridized carbons (Fsp3) is 1.00. The quantitative estimate of drug-likeness (QED) is 0.698. The van der Waals surface area contributed by atoms with Crippen LogP contribution < -0.4 is 5.32 Å². The first-order chi connectivity index (χ1) is 8.49. The normalized spacial score (nSPS) is 27.6. The van der Waals surface area contributed by atoms with E-state index in [0.717, 1.165) is 19.5 Å². The van der Waals surface area contributed by atoms with E-state index < -0.39 is 10.0 Å². The lowest BCUT2D eigenvalue weighted by Crippen LogP contribution is -2.52. The van der Waals surface area contributed by atoms with Crippen molar-refractivity contribution >= 4 is 10.0 Å². The van der Waals surface area contributed by atoms with E-state index in [1.165, 1.54) is 12.8 Å². The predicted molar refractivity (Wildman–Crippen MR) is 73.1 cm³/mol. The van der Waals surface area contributed by atoms with Gasteiger partial charge in [-0.05, 0) is 39.8 Å². The molecule has 0 aromatic rings. The topological polar surface area (TPSA) is 52.7 Å². The second kappa shape index (κ2) is 5.86. The third-order valence-corrected chi connectivity index (χ3v) is 5.83. The largest absolute Gasteiger partial charge is 0.314 e. The van der Waals surface area contributed by atoms with Gasteiger partial charge in [0.15, 0.2) is 0 Å². The van der Waals surface area contributed by atoms with Crippen LogP contribution in [0.25, 0.3) is 0 Å². The predicted octanol–water partition coefficient (Wildman–Crippen LogP) is 0.0942. The van der Waals surface area contributed by atoms with Crippen molar-refractivity contribution in [3.8, 4) is 0 Å². The number of rotatable bonds is 6. The van der Waals surface area contributed by atoms with Gasteiger partial charge in [0.25, 0.3) is 0 Å². The zero-order valence-electron chi connectivity index (χ0n) is 11.4. The monoisotopic (exact) mass is 275 g/mol. The molecule has 1 N–H and O–H groups in total. The smallest absolute Gasteiger partial charge is 0.214 e. The minimum Gasteiger partial charge on any atom is -0.314 e. The van der Waals surface area contributed by atoms with Gasteiger partial charge in [-0.1, -0.05) is 0 Å². The van der Waals surface area contributed by atoms with Crippen LogP contribution in [0.5, 0.6) is 0 Å². The summed E-state index contributed by atoms with van der Waals surface area (Å²) < 4.78 is 26.0. The van der Waals surface area contributed by atoms with E-state index in [1.54, 1.807) is 4.31 Å². The van der Waals surface area contributed by atoms with Crippen LogP contribution in [0.4, 0.5) is 0 Å². The lowest BCUT2D eigenvalue weighted by atomic mass is 10.2. The Morgan fingerprint density at radius 3 is 2.61 bits per heavy atom. The van der Waals surface area contributed by atoms with Gasteiger partial charge in [-0.3, -0.25) is 0 Å². The highest BCUT2D eigenvalue weighted by Gasteiger charge is 2.29. The molecular weight excluding hydrogens is 250 g/mol. The molecule has 1 heterocycles. The SMILES string of the molecule is CC1CN(S(=O)(=O)CCCNC2CC2)CCN1C. The Hall–Kier alpha value is -0.170. The minimum absolute atomic E-state index is 0.281. The van der Waals surface area contributed by atoms with Crippen LogP contribution in [0, 0.1) is 0 Å². The molecule has 106 valence electrons. The van der Waals surface area contributed by atoms with Gasteiger partial charge in [-0.25, -0.2) is 8.42 Å².